The summed E-state index contributed by atoms with van der Waals surface area (Å²) in [6.45, 7) is -0.363. The molecule has 3 aromatic rings. The molecule has 0 radical (unpaired) electrons. The van der Waals surface area contributed by atoms with Gasteiger partial charge in [-0.2, -0.15) is 0 Å². The Morgan fingerprint density at radius 1 is 0.974 bits per heavy atom. The summed E-state index contributed by atoms with van der Waals surface area (Å²) in [4.78, 5) is 28.4. The highest BCUT2D eigenvalue weighted by molar-refractivity contribution is 9.10. The van der Waals surface area contributed by atoms with Gasteiger partial charge in [0.05, 0.1) is 11.9 Å². The first-order valence-corrected chi connectivity index (χ1v) is 14.5. The first-order valence-electron chi connectivity index (χ1n) is 11.8. The van der Waals surface area contributed by atoms with E-state index in [4.69, 9.17) is 9.47 Å². The number of carbonyl (C=O) groups is 2. The van der Waals surface area contributed by atoms with Gasteiger partial charge in [0.15, 0.2) is 11.5 Å². The zero-order valence-electron chi connectivity index (χ0n) is 21.0. The van der Waals surface area contributed by atoms with E-state index in [1.807, 2.05) is 54.6 Å². The van der Waals surface area contributed by atoms with E-state index in [9.17, 15) is 18.0 Å². The van der Waals surface area contributed by atoms with Crippen LogP contribution in [0.25, 0.3) is 0 Å². The van der Waals surface area contributed by atoms with Crippen LogP contribution >= 0.6 is 15.9 Å². The molecular weight excluding hydrogens is 574 g/mol. The Balaban J connectivity index is 1.70. The van der Waals surface area contributed by atoms with Crippen molar-refractivity contribution in [1.29, 1.82) is 0 Å². The zero-order chi connectivity index (χ0) is 27.3. The van der Waals surface area contributed by atoms with Gasteiger partial charge in [0.1, 0.15) is 12.6 Å². The highest BCUT2D eigenvalue weighted by Gasteiger charge is 2.33. The Labute approximate surface area is 230 Å². The lowest BCUT2D eigenvalue weighted by Gasteiger charge is -2.33. The predicted molar refractivity (Wildman–Crippen MR) is 147 cm³/mol. The molecule has 1 aliphatic heterocycles. The molecule has 1 aliphatic rings. The van der Waals surface area contributed by atoms with Gasteiger partial charge in [-0.25, -0.2) is 8.42 Å². The van der Waals surface area contributed by atoms with Crippen molar-refractivity contribution in [3.8, 4) is 11.5 Å². The van der Waals surface area contributed by atoms with Crippen molar-refractivity contribution in [2.75, 3.05) is 30.9 Å². The summed E-state index contributed by atoms with van der Waals surface area (Å²) in [6, 6.07) is 20.6. The Hall–Kier alpha value is -3.57. The molecule has 4 rings (SSSR count). The third-order valence-electron chi connectivity index (χ3n) is 6.11. The number of halogens is 1. The van der Waals surface area contributed by atoms with Gasteiger partial charge >= 0.3 is 0 Å². The monoisotopic (exact) mass is 601 g/mol. The minimum absolute atomic E-state index is 0.0326. The van der Waals surface area contributed by atoms with E-state index in [1.165, 1.54) is 18.0 Å². The molecule has 38 heavy (non-hydrogen) atoms. The minimum Gasteiger partial charge on any atom is -0.454 e. The van der Waals surface area contributed by atoms with Crippen molar-refractivity contribution in [3.05, 3.63) is 88.4 Å². The predicted octanol–water partition coefficient (Wildman–Crippen LogP) is 3.33. The van der Waals surface area contributed by atoms with Gasteiger partial charge in [-0.15, -0.1) is 0 Å². The fraction of sp³-hybridized carbons (Fsp3) is 0.259. The lowest BCUT2D eigenvalue weighted by molar-refractivity contribution is -0.139. The molecule has 0 bridgehead atoms. The number of rotatable bonds is 10. The molecule has 2 amide bonds. The number of nitrogens with zero attached hydrogens (tertiary/aromatic N) is 2. The quantitative estimate of drug-likeness (QED) is 0.382. The molecule has 0 saturated carbocycles. The Morgan fingerprint density at radius 3 is 2.32 bits per heavy atom. The third kappa shape index (κ3) is 6.65. The third-order valence-corrected chi connectivity index (χ3v) is 7.78. The topological polar surface area (TPSA) is 105 Å². The smallest absolute Gasteiger partial charge is 0.244 e. The number of ether oxygens (including phenoxy) is 2. The van der Waals surface area contributed by atoms with Crippen molar-refractivity contribution in [1.82, 2.24) is 10.2 Å². The number of hydrogen-bond acceptors (Lipinski definition) is 6. The average molecular weight is 603 g/mol. The average Bonchev–Trinajstić information content (AvgIpc) is 3.37. The van der Waals surface area contributed by atoms with E-state index in [0.717, 1.165) is 26.2 Å². The number of sulfonamides is 1. The SMILES string of the molecule is CNC(=O)[C@@H](Cc1ccccc1)N(Cc1ccc(Br)cc1)C(=O)CN(c1ccc2c(c1)OCO2)S(C)(=O)=O. The molecule has 11 heteroatoms. The summed E-state index contributed by atoms with van der Waals surface area (Å²) in [5, 5.41) is 2.66. The largest absolute Gasteiger partial charge is 0.454 e. The van der Waals surface area contributed by atoms with Crippen molar-refractivity contribution in [2.24, 2.45) is 0 Å². The molecule has 1 heterocycles. The molecule has 0 spiro atoms. The Morgan fingerprint density at radius 2 is 1.66 bits per heavy atom. The van der Waals surface area contributed by atoms with Crippen LogP contribution in [0, 0.1) is 0 Å². The number of likely N-dealkylation sites (N-methyl/N-ethyl adjacent to an activating group) is 1. The van der Waals surface area contributed by atoms with Gasteiger partial charge in [-0.3, -0.25) is 13.9 Å². The lowest BCUT2D eigenvalue weighted by Crippen LogP contribution is -2.52. The van der Waals surface area contributed by atoms with Crippen LogP contribution in [0.15, 0.2) is 77.3 Å². The standard InChI is InChI=1S/C27H28BrN3O6S/c1-29-27(33)23(14-19-6-4-3-5-7-19)30(16-20-8-10-21(28)11-9-20)26(32)17-31(38(2,34)35)22-12-13-24-25(15-22)37-18-36-24/h3-13,15,23H,14,16-18H2,1-2H3,(H,29,33)/t23-/m1/s1. The summed E-state index contributed by atoms with van der Waals surface area (Å²) < 4.78 is 38.3. The maximum atomic E-state index is 13.9. The highest BCUT2D eigenvalue weighted by atomic mass is 79.9. The van der Waals surface area contributed by atoms with Gasteiger partial charge in [-0.05, 0) is 35.4 Å². The van der Waals surface area contributed by atoms with E-state index in [-0.39, 0.29) is 31.4 Å². The van der Waals surface area contributed by atoms with Crippen LogP contribution < -0.4 is 19.1 Å². The van der Waals surface area contributed by atoms with E-state index >= 15 is 0 Å². The molecule has 0 aliphatic carbocycles. The van der Waals surface area contributed by atoms with Gasteiger partial charge < -0.3 is 19.7 Å². The van der Waals surface area contributed by atoms with Crippen molar-refractivity contribution >= 4 is 43.5 Å². The van der Waals surface area contributed by atoms with Gasteiger partial charge in [0.25, 0.3) is 0 Å². The first-order chi connectivity index (χ1) is 18.2. The number of amides is 2. The van der Waals surface area contributed by atoms with E-state index in [0.29, 0.717) is 11.5 Å². The fourth-order valence-corrected chi connectivity index (χ4v) is 5.27. The maximum absolute atomic E-state index is 13.9. The highest BCUT2D eigenvalue weighted by Crippen LogP contribution is 2.36. The summed E-state index contributed by atoms with van der Waals surface area (Å²) in [7, 11) is -2.36. The number of nitrogens with one attached hydrogen (secondary N) is 1. The number of hydrogen-bond donors (Lipinski definition) is 1. The van der Waals surface area contributed by atoms with Gasteiger partial charge in [0.2, 0.25) is 28.6 Å². The van der Waals surface area contributed by atoms with Crippen LogP contribution in [-0.2, 0) is 32.6 Å². The van der Waals surface area contributed by atoms with Crippen LogP contribution in [0.2, 0.25) is 0 Å². The van der Waals surface area contributed by atoms with E-state index < -0.39 is 28.5 Å². The Kier molecular flexibility index (Phi) is 8.58. The summed E-state index contributed by atoms with van der Waals surface area (Å²) in [5.41, 5.74) is 1.91. The van der Waals surface area contributed by atoms with E-state index in [2.05, 4.69) is 21.2 Å². The minimum atomic E-state index is -3.87. The molecule has 200 valence electrons. The summed E-state index contributed by atoms with van der Waals surface area (Å²) >= 11 is 3.41. The molecule has 3 aromatic carbocycles. The van der Waals surface area contributed by atoms with Crippen LogP contribution in [0.5, 0.6) is 11.5 Å². The van der Waals surface area contributed by atoms with Gasteiger partial charge in [-0.1, -0.05) is 58.4 Å². The maximum Gasteiger partial charge on any atom is 0.244 e. The Bertz CT molecular complexity index is 1400. The lowest BCUT2D eigenvalue weighted by atomic mass is 10.0. The molecule has 0 saturated heterocycles. The van der Waals surface area contributed by atoms with Gasteiger partial charge in [0, 0.05) is 30.6 Å². The van der Waals surface area contributed by atoms with Crippen LogP contribution in [0.1, 0.15) is 11.1 Å². The molecule has 0 aromatic heterocycles. The summed E-state index contributed by atoms with van der Waals surface area (Å²) in [5.74, 6) is 0.00408. The first kappa shape index (κ1) is 27.5. The number of carbonyl (C=O) groups excluding carboxylic acids is 2. The van der Waals surface area contributed by atoms with Crippen LogP contribution in [-0.4, -0.2) is 57.8 Å². The number of fused-ring (bicyclic) bond motifs is 1. The van der Waals surface area contributed by atoms with Crippen LogP contribution in [0.3, 0.4) is 0 Å². The molecule has 9 nitrogen and oxygen atoms in total. The van der Waals surface area contributed by atoms with Crippen LogP contribution in [0.4, 0.5) is 5.69 Å². The second kappa shape index (κ2) is 11.9. The van der Waals surface area contributed by atoms with Crippen molar-refractivity contribution in [3.63, 3.8) is 0 Å². The summed E-state index contributed by atoms with van der Waals surface area (Å²) in [6.07, 6.45) is 1.29. The zero-order valence-corrected chi connectivity index (χ0v) is 23.4. The van der Waals surface area contributed by atoms with Crippen molar-refractivity contribution < 1.29 is 27.5 Å². The number of benzene rings is 3. The molecule has 1 atom stereocenters. The second-order valence-corrected chi connectivity index (χ2v) is 11.6. The molecule has 1 N–H and O–H groups in total. The molecule has 0 unspecified atom stereocenters. The molecular formula is C27H28BrN3O6S. The molecule has 0 fully saturated rings. The second-order valence-electron chi connectivity index (χ2n) is 8.78. The fourth-order valence-electron chi connectivity index (χ4n) is 4.16. The van der Waals surface area contributed by atoms with E-state index in [1.54, 1.807) is 12.1 Å². The number of anilines is 1. The normalized spacial score (nSPS) is 13.0. The van der Waals surface area contributed by atoms with Crippen molar-refractivity contribution in [2.45, 2.75) is 19.0 Å².